The van der Waals surface area contributed by atoms with E-state index in [1.54, 1.807) is 24.3 Å². The number of aromatic nitrogens is 2. The fourth-order valence-corrected chi connectivity index (χ4v) is 2.33. The number of imidazole rings is 1. The third-order valence-electron chi connectivity index (χ3n) is 3.17. The first-order chi connectivity index (χ1) is 10.2. The van der Waals surface area contributed by atoms with Gasteiger partial charge in [0.25, 0.3) is 5.91 Å². The van der Waals surface area contributed by atoms with Crippen LogP contribution in [0.4, 0.5) is 0 Å². The number of benzene rings is 1. The second kappa shape index (κ2) is 5.97. The van der Waals surface area contributed by atoms with Crippen LogP contribution in [0.5, 0.6) is 0 Å². The summed E-state index contributed by atoms with van der Waals surface area (Å²) in [5.74, 6) is -0.124. The molecule has 5 heteroatoms. The maximum atomic E-state index is 12.0. The summed E-state index contributed by atoms with van der Waals surface area (Å²) >= 11 is 5.87. The van der Waals surface area contributed by atoms with Gasteiger partial charge in [0.15, 0.2) is 0 Å². The third-order valence-corrected chi connectivity index (χ3v) is 3.40. The van der Waals surface area contributed by atoms with Crippen molar-refractivity contribution in [3.05, 3.63) is 71.1 Å². The largest absolute Gasteiger partial charge is 0.352 e. The highest BCUT2D eigenvalue weighted by Crippen LogP contribution is 2.10. The lowest BCUT2D eigenvalue weighted by atomic mass is 10.2. The number of rotatable bonds is 4. The van der Waals surface area contributed by atoms with Gasteiger partial charge in [-0.05, 0) is 30.3 Å². The number of nitrogens with zero attached hydrogens (tertiary/aromatic N) is 2. The van der Waals surface area contributed by atoms with Crippen molar-refractivity contribution < 1.29 is 4.79 Å². The van der Waals surface area contributed by atoms with Gasteiger partial charge in [-0.15, -0.1) is 0 Å². The summed E-state index contributed by atoms with van der Waals surface area (Å²) in [6.07, 6.45) is 4.62. The molecule has 0 atom stereocenters. The molecule has 1 aromatic carbocycles. The molecule has 1 N–H and O–H groups in total. The van der Waals surface area contributed by atoms with Gasteiger partial charge in [-0.25, -0.2) is 4.98 Å². The number of pyridine rings is 1. The number of halogens is 1. The van der Waals surface area contributed by atoms with Crippen LogP contribution >= 0.6 is 11.6 Å². The number of nitrogens with one attached hydrogen (secondary N) is 1. The Labute approximate surface area is 127 Å². The lowest BCUT2D eigenvalue weighted by Gasteiger charge is -2.04. The van der Waals surface area contributed by atoms with Crippen molar-refractivity contribution in [1.82, 2.24) is 14.7 Å². The Morgan fingerprint density at radius 3 is 2.95 bits per heavy atom. The molecule has 0 saturated carbocycles. The molecular weight excluding hydrogens is 286 g/mol. The van der Waals surface area contributed by atoms with Crippen LogP contribution in [0.1, 0.15) is 16.1 Å². The van der Waals surface area contributed by atoms with E-state index in [1.807, 2.05) is 35.0 Å². The topological polar surface area (TPSA) is 46.4 Å². The minimum atomic E-state index is -0.124. The van der Waals surface area contributed by atoms with Gasteiger partial charge >= 0.3 is 0 Å². The summed E-state index contributed by atoms with van der Waals surface area (Å²) in [6.45, 7) is 0.537. The van der Waals surface area contributed by atoms with Gasteiger partial charge in [-0.1, -0.05) is 23.7 Å². The van der Waals surface area contributed by atoms with E-state index >= 15 is 0 Å². The smallest absolute Gasteiger partial charge is 0.251 e. The van der Waals surface area contributed by atoms with Crippen molar-refractivity contribution in [2.75, 3.05) is 6.54 Å². The van der Waals surface area contributed by atoms with Gasteiger partial charge in [0.05, 0.1) is 5.69 Å². The number of amides is 1. The Kier molecular flexibility index (Phi) is 3.88. The molecule has 1 amide bonds. The summed E-state index contributed by atoms with van der Waals surface area (Å²) in [5.41, 5.74) is 2.43. The van der Waals surface area contributed by atoms with Crippen LogP contribution in [0.3, 0.4) is 0 Å². The Bertz CT molecular complexity index is 749. The Morgan fingerprint density at radius 2 is 2.14 bits per heavy atom. The van der Waals surface area contributed by atoms with Gasteiger partial charge in [0, 0.05) is 35.9 Å². The monoisotopic (exact) mass is 299 g/mol. The molecule has 2 heterocycles. The molecule has 0 aliphatic rings. The highest BCUT2D eigenvalue weighted by Gasteiger charge is 2.06. The molecule has 21 heavy (non-hydrogen) atoms. The Balaban J connectivity index is 1.59. The minimum absolute atomic E-state index is 0.124. The van der Waals surface area contributed by atoms with Gasteiger partial charge in [-0.3, -0.25) is 4.79 Å². The van der Waals surface area contributed by atoms with Gasteiger partial charge in [-0.2, -0.15) is 0 Å². The molecule has 0 aliphatic carbocycles. The summed E-state index contributed by atoms with van der Waals surface area (Å²) in [6, 6.07) is 12.8. The van der Waals surface area contributed by atoms with Crippen molar-refractivity contribution >= 4 is 23.2 Å². The van der Waals surface area contributed by atoms with Gasteiger partial charge in [0.1, 0.15) is 5.65 Å². The Hall–Kier alpha value is -2.33. The summed E-state index contributed by atoms with van der Waals surface area (Å²) in [5, 5.41) is 3.43. The molecule has 0 saturated heterocycles. The van der Waals surface area contributed by atoms with Crippen LogP contribution < -0.4 is 5.32 Å². The van der Waals surface area contributed by atoms with Crippen molar-refractivity contribution in [1.29, 1.82) is 0 Å². The number of carbonyl (C=O) groups is 1. The van der Waals surface area contributed by atoms with Crippen LogP contribution in [-0.4, -0.2) is 21.8 Å². The quantitative estimate of drug-likeness (QED) is 0.805. The normalized spacial score (nSPS) is 10.7. The zero-order valence-corrected chi connectivity index (χ0v) is 12.0. The van der Waals surface area contributed by atoms with Crippen molar-refractivity contribution in [2.45, 2.75) is 6.42 Å². The molecule has 3 rings (SSSR count). The van der Waals surface area contributed by atoms with Crippen LogP contribution in [0.25, 0.3) is 5.65 Å². The van der Waals surface area contributed by atoms with Crippen LogP contribution in [0.2, 0.25) is 5.02 Å². The summed E-state index contributed by atoms with van der Waals surface area (Å²) in [4.78, 5) is 16.5. The fraction of sp³-hybridized carbons (Fsp3) is 0.125. The molecule has 0 bridgehead atoms. The van der Waals surface area contributed by atoms with Crippen LogP contribution in [-0.2, 0) is 6.42 Å². The van der Waals surface area contributed by atoms with Crippen LogP contribution in [0, 0.1) is 0 Å². The molecule has 0 fully saturated rings. The molecule has 106 valence electrons. The predicted octanol–water partition coefficient (Wildman–Crippen LogP) is 2.96. The standard InChI is InChI=1S/C16H14ClN3O/c17-13-5-3-4-12(10-13)16(21)18-8-7-14-11-20-9-2-1-6-15(20)19-14/h1-6,9-11H,7-8H2,(H,18,21). The van der Waals surface area contributed by atoms with Crippen molar-refractivity contribution in [3.8, 4) is 0 Å². The molecule has 0 unspecified atom stereocenters. The molecule has 0 radical (unpaired) electrons. The number of hydrogen-bond acceptors (Lipinski definition) is 2. The van der Waals surface area contributed by atoms with Gasteiger partial charge < -0.3 is 9.72 Å². The van der Waals surface area contributed by atoms with E-state index in [0.717, 1.165) is 11.3 Å². The maximum absolute atomic E-state index is 12.0. The lowest BCUT2D eigenvalue weighted by molar-refractivity contribution is 0.0954. The second-order valence-electron chi connectivity index (χ2n) is 4.71. The molecule has 3 aromatic rings. The Morgan fingerprint density at radius 1 is 1.24 bits per heavy atom. The van der Waals surface area contributed by atoms with E-state index in [0.29, 0.717) is 23.6 Å². The number of carbonyl (C=O) groups excluding carboxylic acids is 1. The third kappa shape index (κ3) is 3.23. The van der Waals surface area contributed by atoms with E-state index < -0.39 is 0 Å². The molecular formula is C16H14ClN3O. The number of fused-ring (bicyclic) bond motifs is 1. The average molecular weight is 300 g/mol. The molecule has 0 aliphatic heterocycles. The predicted molar refractivity (Wildman–Crippen MR) is 82.7 cm³/mol. The minimum Gasteiger partial charge on any atom is -0.352 e. The van der Waals surface area contributed by atoms with E-state index in [-0.39, 0.29) is 5.91 Å². The number of hydrogen-bond donors (Lipinski definition) is 1. The molecule has 0 spiro atoms. The zero-order chi connectivity index (χ0) is 14.7. The van der Waals surface area contributed by atoms with Gasteiger partial charge in [0.2, 0.25) is 0 Å². The maximum Gasteiger partial charge on any atom is 0.251 e. The summed E-state index contributed by atoms with van der Waals surface area (Å²) < 4.78 is 1.97. The van der Waals surface area contributed by atoms with Crippen molar-refractivity contribution in [3.63, 3.8) is 0 Å². The second-order valence-corrected chi connectivity index (χ2v) is 5.15. The van der Waals surface area contributed by atoms with Crippen molar-refractivity contribution in [2.24, 2.45) is 0 Å². The SMILES string of the molecule is O=C(NCCc1cn2ccccc2n1)c1cccc(Cl)c1. The van der Waals surface area contributed by atoms with E-state index in [9.17, 15) is 4.79 Å². The van der Waals surface area contributed by atoms with E-state index in [4.69, 9.17) is 11.6 Å². The molecule has 4 nitrogen and oxygen atoms in total. The zero-order valence-electron chi connectivity index (χ0n) is 11.3. The van der Waals surface area contributed by atoms with E-state index in [1.165, 1.54) is 0 Å². The average Bonchev–Trinajstić information content (AvgIpc) is 2.89. The van der Waals surface area contributed by atoms with E-state index in [2.05, 4.69) is 10.3 Å². The van der Waals surface area contributed by atoms with Crippen LogP contribution in [0.15, 0.2) is 54.9 Å². The first-order valence-corrected chi connectivity index (χ1v) is 7.06. The summed E-state index contributed by atoms with van der Waals surface area (Å²) in [7, 11) is 0. The first-order valence-electron chi connectivity index (χ1n) is 6.69. The highest BCUT2D eigenvalue weighted by molar-refractivity contribution is 6.30. The molecule has 2 aromatic heterocycles. The lowest BCUT2D eigenvalue weighted by Crippen LogP contribution is -2.25. The fourth-order valence-electron chi connectivity index (χ4n) is 2.14. The first kappa shape index (κ1) is 13.6. The highest BCUT2D eigenvalue weighted by atomic mass is 35.5.